The molecule has 0 aliphatic carbocycles. The minimum absolute atomic E-state index is 0.204. The summed E-state index contributed by atoms with van der Waals surface area (Å²) in [5, 5.41) is 10.8. The molecule has 0 unspecified atom stereocenters. The molecule has 0 bridgehead atoms. The van der Waals surface area contributed by atoms with E-state index >= 15 is 0 Å². The van der Waals surface area contributed by atoms with Gasteiger partial charge in [-0.1, -0.05) is 18.2 Å². The van der Waals surface area contributed by atoms with Crippen LogP contribution in [0, 0.1) is 6.92 Å². The monoisotopic (exact) mass is 309 g/mol. The van der Waals surface area contributed by atoms with Gasteiger partial charge in [-0.15, -0.1) is 0 Å². The van der Waals surface area contributed by atoms with Crippen LogP contribution in [-0.4, -0.2) is 22.2 Å². The van der Waals surface area contributed by atoms with Crippen LogP contribution in [0.3, 0.4) is 0 Å². The number of aromatic hydroxyl groups is 1. The van der Waals surface area contributed by atoms with Gasteiger partial charge in [0.15, 0.2) is 0 Å². The lowest BCUT2D eigenvalue weighted by molar-refractivity contribution is -0.142. The van der Waals surface area contributed by atoms with Crippen molar-refractivity contribution in [3.05, 3.63) is 59.8 Å². The molecule has 0 aliphatic rings. The Bertz CT molecular complexity index is 850. The summed E-state index contributed by atoms with van der Waals surface area (Å²) in [6, 6.07) is 15.1. The lowest BCUT2D eigenvalue weighted by Gasteiger charge is -2.09. The van der Waals surface area contributed by atoms with Crippen molar-refractivity contribution in [3.8, 4) is 11.4 Å². The minimum atomic E-state index is -0.240. The highest BCUT2D eigenvalue weighted by Crippen LogP contribution is 2.32. The summed E-state index contributed by atoms with van der Waals surface area (Å²) in [6.07, 6.45) is 0.223. The number of fused-ring (bicyclic) bond motifs is 1. The predicted octanol–water partition coefficient (Wildman–Crippen LogP) is 3.75. The zero-order valence-electron chi connectivity index (χ0n) is 13.2. The third kappa shape index (κ3) is 2.80. The minimum Gasteiger partial charge on any atom is -0.508 e. The fourth-order valence-corrected chi connectivity index (χ4v) is 2.96. The Hall–Kier alpha value is -2.75. The number of rotatable bonds is 4. The lowest BCUT2D eigenvalue weighted by atomic mass is 10.1. The molecular formula is C19H19NO3. The fourth-order valence-electron chi connectivity index (χ4n) is 2.96. The summed E-state index contributed by atoms with van der Waals surface area (Å²) < 4.78 is 7.15. The van der Waals surface area contributed by atoms with Crippen LogP contribution in [-0.2, 0) is 16.0 Å². The van der Waals surface area contributed by atoms with Crippen LogP contribution in [0.1, 0.15) is 18.2 Å². The van der Waals surface area contributed by atoms with E-state index in [0.29, 0.717) is 6.61 Å². The molecule has 1 N–H and O–H groups in total. The van der Waals surface area contributed by atoms with E-state index < -0.39 is 0 Å². The molecule has 3 rings (SSSR count). The van der Waals surface area contributed by atoms with Crippen LogP contribution in [0.15, 0.2) is 48.5 Å². The maximum atomic E-state index is 11.9. The first-order chi connectivity index (χ1) is 11.1. The van der Waals surface area contributed by atoms with Crippen LogP contribution in [0.25, 0.3) is 16.6 Å². The molecule has 1 aromatic heterocycles. The van der Waals surface area contributed by atoms with Crippen LogP contribution in [0.4, 0.5) is 0 Å². The summed E-state index contributed by atoms with van der Waals surface area (Å²) in [4.78, 5) is 11.9. The van der Waals surface area contributed by atoms with E-state index in [0.717, 1.165) is 27.8 Å². The Morgan fingerprint density at radius 1 is 1.17 bits per heavy atom. The average Bonchev–Trinajstić information content (AvgIpc) is 2.80. The number of nitrogens with zero attached hydrogens (tertiary/aromatic N) is 1. The molecule has 118 valence electrons. The van der Waals surface area contributed by atoms with Gasteiger partial charge in [-0.05, 0) is 43.7 Å². The zero-order valence-corrected chi connectivity index (χ0v) is 13.2. The predicted molar refractivity (Wildman–Crippen MR) is 90.0 cm³/mol. The molecule has 0 saturated carbocycles. The molecule has 0 spiro atoms. The summed E-state index contributed by atoms with van der Waals surface area (Å²) in [5.74, 6) is -0.0364. The van der Waals surface area contributed by atoms with Crippen LogP contribution < -0.4 is 0 Å². The summed E-state index contributed by atoms with van der Waals surface area (Å²) in [5.41, 5.74) is 3.79. The number of hydrogen-bond donors (Lipinski definition) is 1. The number of hydrogen-bond acceptors (Lipinski definition) is 3. The number of phenols is 1. The summed E-state index contributed by atoms with van der Waals surface area (Å²) >= 11 is 0. The van der Waals surface area contributed by atoms with Crippen molar-refractivity contribution in [3.63, 3.8) is 0 Å². The molecule has 0 aliphatic heterocycles. The fraction of sp³-hybridized carbons (Fsp3) is 0.211. The average molecular weight is 309 g/mol. The highest BCUT2D eigenvalue weighted by molar-refractivity contribution is 5.91. The van der Waals surface area contributed by atoms with E-state index in [1.54, 1.807) is 19.1 Å². The molecule has 0 radical (unpaired) electrons. The first-order valence-corrected chi connectivity index (χ1v) is 7.65. The van der Waals surface area contributed by atoms with Crippen LogP contribution >= 0.6 is 0 Å². The molecule has 0 fully saturated rings. The van der Waals surface area contributed by atoms with Crippen molar-refractivity contribution in [1.82, 2.24) is 4.57 Å². The van der Waals surface area contributed by atoms with Crippen molar-refractivity contribution in [1.29, 1.82) is 0 Å². The van der Waals surface area contributed by atoms with Crippen LogP contribution in [0.5, 0.6) is 5.75 Å². The number of ether oxygens (including phenoxy) is 1. The number of para-hydroxylation sites is 1. The van der Waals surface area contributed by atoms with Crippen LogP contribution in [0.2, 0.25) is 0 Å². The van der Waals surface area contributed by atoms with Gasteiger partial charge in [0.25, 0.3) is 0 Å². The number of phenolic OH excluding ortho intramolecular Hbond substituents is 1. The normalized spacial score (nSPS) is 10.9. The Kier molecular flexibility index (Phi) is 4.06. The number of esters is 1. The second kappa shape index (κ2) is 6.16. The van der Waals surface area contributed by atoms with Crippen molar-refractivity contribution < 1.29 is 14.6 Å². The molecular weight excluding hydrogens is 290 g/mol. The molecule has 0 saturated heterocycles. The number of carbonyl (C=O) groups is 1. The number of carbonyl (C=O) groups excluding carboxylic acids is 1. The van der Waals surface area contributed by atoms with Gasteiger partial charge in [0.05, 0.1) is 18.5 Å². The van der Waals surface area contributed by atoms with Gasteiger partial charge in [0, 0.05) is 22.8 Å². The highest BCUT2D eigenvalue weighted by Gasteiger charge is 2.18. The maximum absolute atomic E-state index is 11.9. The molecule has 0 atom stereocenters. The second-order valence-corrected chi connectivity index (χ2v) is 5.42. The van der Waals surface area contributed by atoms with Gasteiger partial charge < -0.3 is 14.4 Å². The molecule has 1 heterocycles. The van der Waals surface area contributed by atoms with Crippen molar-refractivity contribution >= 4 is 16.9 Å². The van der Waals surface area contributed by atoms with Crippen molar-refractivity contribution in [2.24, 2.45) is 0 Å². The van der Waals surface area contributed by atoms with Gasteiger partial charge in [0.2, 0.25) is 0 Å². The third-order valence-corrected chi connectivity index (χ3v) is 3.96. The second-order valence-electron chi connectivity index (χ2n) is 5.42. The van der Waals surface area contributed by atoms with E-state index in [2.05, 4.69) is 4.57 Å². The number of benzene rings is 2. The molecule has 0 amide bonds. The number of aromatic nitrogens is 1. The van der Waals surface area contributed by atoms with E-state index in [-0.39, 0.29) is 18.1 Å². The first kappa shape index (κ1) is 15.2. The Labute approximate surface area is 134 Å². The van der Waals surface area contributed by atoms with E-state index in [1.807, 2.05) is 43.3 Å². The Balaban J connectivity index is 2.22. The van der Waals surface area contributed by atoms with Gasteiger partial charge in [-0.3, -0.25) is 4.79 Å². The van der Waals surface area contributed by atoms with E-state index in [4.69, 9.17) is 4.74 Å². The van der Waals surface area contributed by atoms with Crippen molar-refractivity contribution in [2.45, 2.75) is 20.3 Å². The Morgan fingerprint density at radius 3 is 2.61 bits per heavy atom. The third-order valence-electron chi connectivity index (χ3n) is 3.96. The van der Waals surface area contributed by atoms with Gasteiger partial charge >= 0.3 is 5.97 Å². The molecule has 4 nitrogen and oxygen atoms in total. The Morgan fingerprint density at radius 2 is 1.91 bits per heavy atom. The summed E-state index contributed by atoms with van der Waals surface area (Å²) in [6.45, 7) is 4.16. The first-order valence-electron chi connectivity index (χ1n) is 7.65. The molecule has 23 heavy (non-hydrogen) atoms. The molecule has 2 aromatic carbocycles. The molecule has 4 heteroatoms. The standard InChI is InChI=1S/C19H19NO3/c1-3-23-19(22)12-17-13(2)20(14-7-5-4-6-8-14)18-11-15(21)9-10-16(17)18/h4-11,21H,3,12H2,1-2H3. The topological polar surface area (TPSA) is 51.5 Å². The van der Waals surface area contributed by atoms with E-state index in [9.17, 15) is 9.90 Å². The highest BCUT2D eigenvalue weighted by atomic mass is 16.5. The SMILES string of the molecule is CCOC(=O)Cc1c(C)n(-c2ccccc2)c2cc(O)ccc12. The quantitative estimate of drug-likeness (QED) is 0.747. The smallest absolute Gasteiger partial charge is 0.310 e. The van der Waals surface area contributed by atoms with Gasteiger partial charge in [0.1, 0.15) is 5.75 Å². The van der Waals surface area contributed by atoms with Gasteiger partial charge in [-0.25, -0.2) is 0 Å². The lowest BCUT2D eigenvalue weighted by Crippen LogP contribution is -2.08. The largest absolute Gasteiger partial charge is 0.508 e. The van der Waals surface area contributed by atoms with E-state index in [1.165, 1.54) is 0 Å². The van der Waals surface area contributed by atoms with Gasteiger partial charge in [-0.2, -0.15) is 0 Å². The maximum Gasteiger partial charge on any atom is 0.310 e. The molecule has 3 aromatic rings. The summed E-state index contributed by atoms with van der Waals surface area (Å²) in [7, 11) is 0. The zero-order chi connectivity index (χ0) is 16.4. The van der Waals surface area contributed by atoms with Crippen molar-refractivity contribution in [2.75, 3.05) is 6.61 Å².